The molecule has 0 aliphatic carbocycles. The number of ether oxygens (including phenoxy) is 1. The van der Waals surface area contributed by atoms with E-state index in [-0.39, 0.29) is 11.8 Å². The van der Waals surface area contributed by atoms with Crippen molar-refractivity contribution in [2.75, 3.05) is 53.0 Å². The molecule has 0 unspecified atom stereocenters. The molecule has 0 radical (unpaired) electrons. The molecule has 2 heterocycles. The molecule has 1 fully saturated rings. The molecule has 0 spiro atoms. The minimum Gasteiger partial charge on any atom is -0.385 e. The Morgan fingerprint density at radius 1 is 1.13 bits per heavy atom. The molecule has 0 bridgehead atoms. The first kappa shape index (κ1) is 23.4. The average molecular weight is 492 g/mol. The van der Waals surface area contributed by atoms with Crippen molar-refractivity contribution < 1.29 is 14.3 Å². The van der Waals surface area contributed by atoms with Crippen molar-refractivity contribution in [3.05, 3.63) is 45.7 Å². The largest absolute Gasteiger partial charge is 0.385 e. The third kappa shape index (κ3) is 5.93. The second-order valence-corrected chi connectivity index (χ2v) is 8.50. The van der Waals surface area contributed by atoms with Gasteiger partial charge >= 0.3 is 0 Å². The third-order valence-corrected chi connectivity index (χ3v) is 6.58. The number of carbonyl (C=O) groups is 2. The van der Waals surface area contributed by atoms with Crippen molar-refractivity contribution in [2.24, 2.45) is 0 Å². The average Bonchev–Trinajstić information content (AvgIpc) is 3.04. The van der Waals surface area contributed by atoms with Crippen LogP contribution in [0.15, 0.2) is 28.7 Å². The SMILES string of the molecule is COCCCNC(=O)CN1CCN(C(=O)c2ccc(-n3nc(C)c(Br)c3C)cc2)CC1. The van der Waals surface area contributed by atoms with Crippen LogP contribution in [0.25, 0.3) is 5.69 Å². The Hall–Kier alpha value is -2.23. The minimum atomic E-state index is 0.0160. The Bertz CT molecular complexity index is 905. The van der Waals surface area contributed by atoms with Crippen LogP contribution >= 0.6 is 15.9 Å². The van der Waals surface area contributed by atoms with Crippen molar-refractivity contribution in [3.63, 3.8) is 0 Å². The molecular formula is C22H30BrN5O3. The van der Waals surface area contributed by atoms with Gasteiger partial charge in [0.2, 0.25) is 5.91 Å². The van der Waals surface area contributed by atoms with Gasteiger partial charge in [-0.25, -0.2) is 4.68 Å². The maximum absolute atomic E-state index is 12.9. The Kier molecular flexibility index (Phi) is 8.22. The summed E-state index contributed by atoms with van der Waals surface area (Å²) in [6, 6.07) is 7.54. The number of hydrogen-bond donors (Lipinski definition) is 1. The van der Waals surface area contributed by atoms with Crippen molar-refractivity contribution in [3.8, 4) is 5.69 Å². The number of methoxy groups -OCH3 is 1. The van der Waals surface area contributed by atoms with Gasteiger partial charge in [-0.1, -0.05) is 0 Å². The fourth-order valence-corrected chi connectivity index (χ4v) is 3.86. The molecule has 168 valence electrons. The molecular weight excluding hydrogens is 462 g/mol. The van der Waals surface area contributed by atoms with E-state index in [1.807, 2.05) is 47.7 Å². The van der Waals surface area contributed by atoms with E-state index in [9.17, 15) is 9.59 Å². The summed E-state index contributed by atoms with van der Waals surface area (Å²) >= 11 is 3.55. The molecule has 1 aromatic heterocycles. The smallest absolute Gasteiger partial charge is 0.253 e. The molecule has 0 saturated carbocycles. The molecule has 2 aromatic rings. The lowest BCUT2D eigenvalue weighted by Crippen LogP contribution is -2.51. The van der Waals surface area contributed by atoms with Crippen LogP contribution in [0.1, 0.15) is 28.2 Å². The monoisotopic (exact) mass is 491 g/mol. The van der Waals surface area contributed by atoms with Gasteiger partial charge in [0.25, 0.3) is 5.91 Å². The Labute approximate surface area is 191 Å². The Morgan fingerprint density at radius 2 is 1.81 bits per heavy atom. The van der Waals surface area contributed by atoms with Gasteiger partial charge in [-0.2, -0.15) is 5.10 Å². The van der Waals surface area contributed by atoms with E-state index in [1.54, 1.807) is 7.11 Å². The number of halogens is 1. The molecule has 9 heteroatoms. The molecule has 1 aliphatic rings. The quantitative estimate of drug-likeness (QED) is 0.572. The summed E-state index contributed by atoms with van der Waals surface area (Å²) in [6.45, 7) is 8.19. The van der Waals surface area contributed by atoms with Gasteiger partial charge in [0.1, 0.15) is 0 Å². The highest BCUT2D eigenvalue weighted by Crippen LogP contribution is 2.23. The molecule has 31 heavy (non-hydrogen) atoms. The minimum absolute atomic E-state index is 0.0160. The highest BCUT2D eigenvalue weighted by Gasteiger charge is 2.23. The fraction of sp³-hybridized carbons (Fsp3) is 0.500. The fourth-order valence-electron chi connectivity index (χ4n) is 3.62. The lowest BCUT2D eigenvalue weighted by Gasteiger charge is -2.34. The van der Waals surface area contributed by atoms with Crippen LogP contribution in [0.2, 0.25) is 0 Å². The van der Waals surface area contributed by atoms with Crippen LogP contribution in [-0.4, -0.2) is 84.4 Å². The van der Waals surface area contributed by atoms with E-state index in [1.165, 1.54) is 0 Å². The number of carbonyl (C=O) groups excluding carboxylic acids is 2. The van der Waals surface area contributed by atoms with Gasteiger partial charge in [0.15, 0.2) is 0 Å². The van der Waals surface area contributed by atoms with E-state index in [0.29, 0.717) is 51.4 Å². The zero-order valence-corrected chi connectivity index (χ0v) is 19.9. The number of aryl methyl sites for hydroxylation is 1. The first-order valence-electron chi connectivity index (χ1n) is 10.5. The van der Waals surface area contributed by atoms with Gasteiger partial charge in [0.05, 0.1) is 28.1 Å². The Morgan fingerprint density at radius 3 is 2.39 bits per heavy atom. The van der Waals surface area contributed by atoms with Crippen LogP contribution in [0.3, 0.4) is 0 Å². The summed E-state index contributed by atoms with van der Waals surface area (Å²) in [7, 11) is 1.65. The molecule has 1 N–H and O–H groups in total. The number of nitrogens with one attached hydrogen (secondary N) is 1. The number of hydrogen-bond acceptors (Lipinski definition) is 5. The predicted molar refractivity (Wildman–Crippen MR) is 123 cm³/mol. The van der Waals surface area contributed by atoms with Crippen molar-refractivity contribution in [2.45, 2.75) is 20.3 Å². The molecule has 2 amide bonds. The third-order valence-electron chi connectivity index (χ3n) is 5.44. The summed E-state index contributed by atoms with van der Waals surface area (Å²) in [4.78, 5) is 28.8. The zero-order valence-electron chi connectivity index (χ0n) is 18.4. The molecule has 3 rings (SSSR count). The summed E-state index contributed by atoms with van der Waals surface area (Å²) in [6.07, 6.45) is 0.806. The zero-order chi connectivity index (χ0) is 22.4. The molecule has 0 atom stereocenters. The molecule has 8 nitrogen and oxygen atoms in total. The van der Waals surface area contributed by atoms with E-state index in [0.717, 1.165) is 28.0 Å². The van der Waals surface area contributed by atoms with E-state index < -0.39 is 0 Å². The van der Waals surface area contributed by atoms with Crippen molar-refractivity contribution in [1.29, 1.82) is 0 Å². The second-order valence-electron chi connectivity index (χ2n) is 7.71. The number of piperazine rings is 1. The first-order chi connectivity index (χ1) is 14.9. The van der Waals surface area contributed by atoms with Gasteiger partial charge in [-0.15, -0.1) is 0 Å². The molecule has 1 aliphatic heterocycles. The number of rotatable bonds is 8. The second kappa shape index (κ2) is 10.9. The van der Waals surface area contributed by atoms with Crippen molar-refractivity contribution >= 4 is 27.7 Å². The number of nitrogens with zero attached hydrogens (tertiary/aromatic N) is 4. The number of amides is 2. The van der Waals surface area contributed by atoms with Crippen LogP contribution in [0.5, 0.6) is 0 Å². The van der Waals surface area contributed by atoms with Crippen molar-refractivity contribution in [1.82, 2.24) is 24.9 Å². The van der Waals surface area contributed by atoms with Crippen LogP contribution in [0.4, 0.5) is 0 Å². The summed E-state index contributed by atoms with van der Waals surface area (Å²) < 4.78 is 7.84. The normalized spacial score (nSPS) is 14.6. The standard InChI is InChI=1S/C22H30BrN5O3/c1-16-21(23)17(2)28(25-16)19-7-5-18(6-8-19)22(30)27-12-10-26(11-13-27)15-20(29)24-9-4-14-31-3/h5-8H,4,9-15H2,1-3H3,(H,24,29). The number of aromatic nitrogens is 2. The number of benzene rings is 1. The summed E-state index contributed by atoms with van der Waals surface area (Å²) in [5, 5.41) is 7.44. The highest BCUT2D eigenvalue weighted by atomic mass is 79.9. The topological polar surface area (TPSA) is 79.7 Å². The summed E-state index contributed by atoms with van der Waals surface area (Å²) in [5.41, 5.74) is 3.53. The van der Waals surface area contributed by atoms with Crippen LogP contribution in [-0.2, 0) is 9.53 Å². The lowest BCUT2D eigenvalue weighted by molar-refractivity contribution is -0.122. The highest BCUT2D eigenvalue weighted by molar-refractivity contribution is 9.10. The molecule has 1 aromatic carbocycles. The molecule has 1 saturated heterocycles. The van der Waals surface area contributed by atoms with Crippen LogP contribution < -0.4 is 5.32 Å². The van der Waals surface area contributed by atoms with Crippen LogP contribution in [0, 0.1) is 13.8 Å². The van der Waals surface area contributed by atoms with E-state index in [2.05, 4.69) is 31.2 Å². The van der Waals surface area contributed by atoms with E-state index >= 15 is 0 Å². The lowest BCUT2D eigenvalue weighted by atomic mass is 10.1. The van der Waals surface area contributed by atoms with Gasteiger partial charge < -0.3 is 15.0 Å². The van der Waals surface area contributed by atoms with Gasteiger partial charge in [0, 0.05) is 52.0 Å². The maximum atomic E-state index is 12.9. The van der Waals surface area contributed by atoms with E-state index in [4.69, 9.17) is 4.74 Å². The predicted octanol–water partition coefficient (Wildman–Crippen LogP) is 2.16. The van der Waals surface area contributed by atoms with Gasteiger partial charge in [-0.05, 0) is 60.5 Å². The van der Waals surface area contributed by atoms with Gasteiger partial charge in [-0.3, -0.25) is 14.5 Å². The summed E-state index contributed by atoms with van der Waals surface area (Å²) in [5.74, 6) is 0.0343. The Balaban J connectivity index is 1.50. The maximum Gasteiger partial charge on any atom is 0.253 e. The first-order valence-corrected chi connectivity index (χ1v) is 11.3.